The monoisotopic (exact) mass is 503 g/mol. The number of fused-ring (bicyclic) bond motifs is 1. The number of nitrogens with zero attached hydrogens (tertiary/aromatic N) is 5. The van der Waals surface area contributed by atoms with Gasteiger partial charge in [0.05, 0.1) is 30.2 Å². The van der Waals surface area contributed by atoms with Crippen molar-refractivity contribution in [3.05, 3.63) is 70.2 Å². The van der Waals surface area contributed by atoms with E-state index in [0.29, 0.717) is 44.2 Å². The second-order valence-corrected chi connectivity index (χ2v) is 9.79. The molecule has 3 aliphatic rings. The molecule has 2 atom stereocenters. The van der Waals surface area contributed by atoms with E-state index in [4.69, 9.17) is 15.2 Å². The highest BCUT2D eigenvalue weighted by Crippen LogP contribution is 2.31. The molecule has 1 amide bonds. The van der Waals surface area contributed by atoms with E-state index in [1.54, 1.807) is 9.58 Å². The number of piperazine rings is 1. The van der Waals surface area contributed by atoms with Crippen LogP contribution in [-0.4, -0.2) is 64.1 Å². The fraction of sp³-hybridized carbons (Fsp3) is 0.385. The number of aryl methyl sites for hydroxylation is 1. The number of nitrogens with two attached hydrogens (primary N) is 1. The molecule has 3 aromatic rings. The van der Waals surface area contributed by atoms with E-state index in [2.05, 4.69) is 20.3 Å². The van der Waals surface area contributed by atoms with Crippen LogP contribution in [0.2, 0.25) is 0 Å². The Labute approximate surface area is 214 Å². The Morgan fingerprint density at radius 2 is 2.03 bits per heavy atom. The summed E-state index contributed by atoms with van der Waals surface area (Å²) in [4.78, 5) is 32.5. The van der Waals surface area contributed by atoms with Gasteiger partial charge in [0, 0.05) is 54.8 Å². The average Bonchev–Trinajstić information content (AvgIpc) is 3.59. The highest BCUT2D eigenvalue weighted by Gasteiger charge is 2.30. The Bertz CT molecular complexity index is 1390. The summed E-state index contributed by atoms with van der Waals surface area (Å²) >= 11 is 0. The van der Waals surface area contributed by atoms with Crippen molar-refractivity contribution in [3.8, 4) is 5.82 Å². The van der Waals surface area contributed by atoms with E-state index in [1.807, 2.05) is 50.5 Å². The molecule has 0 unspecified atom stereocenters. The van der Waals surface area contributed by atoms with Crippen LogP contribution in [0.5, 0.6) is 0 Å². The highest BCUT2D eigenvalue weighted by atomic mass is 16.6. The second-order valence-electron chi connectivity index (χ2n) is 9.79. The summed E-state index contributed by atoms with van der Waals surface area (Å²) in [6.45, 7) is 7.28. The van der Waals surface area contributed by atoms with Crippen molar-refractivity contribution < 1.29 is 19.1 Å². The van der Waals surface area contributed by atoms with E-state index in [9.17, 15) is 9.59 Å². The molecule has 0 bridgehead atoms. The van der Waals surface area contributed by atoms with Crippen molar-refractivity contribution in [2.75, 3.05) is 31.1 Å². The third kappa shape index (κ3) is 4.45. The van der Waals surface area contributed by atoms with Gasteiger partial charge in [0.2, 0.25) is 0 Å². The number of hydrogen-bond acceptors (Lipinski definition) is 9. The van der Waals surface area contributed by atoms with Crippen LogP contribution in [0.3, 0.4) is 0 Å². The fourth-order valence-electron chi connectivity index (χ4n) is 5.40. The summed E-state index contributed by atoms with van der Waals surface area (Å²) in [5, 5.41) is 8.04. The maximum absolute atomic E-state index is 12.0. The van der Waals surface area contributed by atoms with Crippen molar-refractivity contribution >= 4 is 17.7 Å². The summed E-state index contributed by atoms with van der Waals surface area (Å²) in [7, 11) is 0. The number of hydrogen-bond donors (Lipinski definition) is 2. The molecule has 5 heterocycles. The molecule has 1 aromatic carbocycles. The molecular formula is C26H29N7O4. The molecule has 0 saturated carbocycles. The molecule has 0 radical (unpaired) electrons. The van der Waals surface area contributed by atoms with E-state index in [-0.39, 0.29) is 24.3 Å². The molecule has 37 heavy (non-hydrogen) atoms. The zero-order chi connectivity index (χ0) is 25.7. The van der Waals surface area contributed by atoms with Crippen molar-refractivity contribution in [2.24, 2.45) is 5.73 Å². The van der Waals surface area contributed by atoms with E-state index in [0.717, 1.165) is 40.2 Å². The van der Waals surface area contributed by atoms with E-state index < -0.39 is 0 Å². The van der Waals surface area contributed by atoms with Crippen molar-refractivity contribution in [2.45, 2.75) is 39.2 Å². The van der Waals surface area contributed by atoms with E-state index >= 15 is 0 Å². The predicted molar refractivity (Wildman–Crippen MR) is 134 cm³/mol. The first-order chi connectivity index (χ1) is 17.9. The molecule has 11 nitrogen and oxygen atoms in total. The number of carbonyl (C=O) groups excluding carboxylic acids is 2. The minimum absolute atomic E-state index is 0.0287. The number of ether oxygens (including phenoxy) is 2. The Morgan fingerprint density at radius 1 is 1.16 bits per heavy atom. The number of esters is 1. The molecule has 6 rings (SSSR count). The number of aromatic nitrogens is 3. The Balaban J connectivity index is 1.19. The largest absolute Gasteiger partial charge is 0.457 e. The van der Waals surface area contributed by atoms with Gasteiger partial charge >= 0.3 is 12.1 Å². The lowest BCUT2D eigenvalue weighted by Gasteiger charge is -2.38. The number of amides is 1. The van der Waals surface area contributed by atoms with Gasteiger partial charge in [-0.3, -0.25) is 15.1 Å². The third-order valence-corrected chi connectivity index (χ3v) is 7.17. The maximum atomic E-state index is 12.0. The molecule has 3 N–H and O–H groups in total. The lowest BCUT2D eigenvalue weighted by molar-refractivity contribution is 0.0535. The minimum Gasteiger partial charge on any atom is -0.457 e. The smallest absolute Gasteiger partial charge is 0.414 e. The van der Waals surface area contributed by atoms with Gasteiger partial charge in [-0.05, 0) is 37.1 Å². The fourth-order valence-corrected chi connectivity index (χ4v) is 5.40. The predicted octanol–water partition coefficient (Wildman–Crippen LogP) is 1.94. The highest BCUT2D eigenvalue weighted by molar-refractivity contribution is 5.94. The molecule has 2 fully saturated rings. The normalized spacial score (nSPS) is 21.8. The van der Waals surface area contributed by atoms with Crippen molar-refractivity contribution in [1.82, 2.24) is 25.0 Å². The van der Waals surface area contributed by atoms with E-state index in [1.165, 1.54) is 0 Å². The molecular weight excluding hydrogens is 474 g/mol. The summed E-state index contributed by atoms with van der Waals surface area (Å²) in [6, 6.07) is 7.60. The van der Waals surface area contributed by atoms with Gasteiger partial charge in [-0.25, -0.2) is 19.3 Å². The van der Waals surface area contributed by atoms with Crippen LogP contribution in [0.1, 0.15) is 44.3 Å². The van der Waals surface area contributed by atoms with Crippen LogP contribution in [0.4, 0.5) is 10.5 Å². The first kappa shape index (κ1) is 23.6. The zero-order valence-electron chi connectivity index (χ0n) is 20.8. The van der Waals surface area contributed by atoms with Gasteiger partial charge in [-0.2, -0.15) is 5.10 Å². The van der Waals surface area contributed by atoms with Crippen LogP contribution in [-0.2, 0) is 22.6 Å². The average molecular weight is 504 g/mol. The molecule has 0 spiro atoms. The topological polar surface area (TPSA) is 128 Å². The number of benzene rings is 1. The van der Waals surface area contributed by atoms with Gasteiger partial charge < -0.3 is 15.2 Å². The van der Waals surface area contributed by atoms with Crippen molar-refractivity contribution in [3.63, 3.8) is 0 Å². The van der Waals surface area contributed by atoms with Crippen LogP contribution in [0.25, 0.3) is 5.82 Å². The molecule has 2 aromatic heterocycles. The Hall–Kier alpha value is -3.80. The summed E-state index contributed by atoms with van der Waals surface area (Å²) in [5.74, 6) is 0.383. The summed E-state index contributed by atoms with van der Waals surface area (Å²) in [5.41, 5.74) is 12.8. The standard InChI is InChI=1S/C26H29N7O4/c1-15-7-18(32-5-6-36-26(32)35)8-24(29-15)33-11-17(9-28-33)10-31-12-22(30-23(27)13-31)19-3-4-20-21(16(19)2)14-37-25(20)34/h3-4,7-9,11,22-23,30H,5-6,10,12-14,27H2,1-2H3/t22-,23+/m0/s1. The van der Waals surface area contributed by atoms with Crippen molar-refractivity contribution in [1.29, 1.82) is 0 Å². The first-order valence-electron chi connectivity index (χ1n) is 12.4. The van der Waals surface area contributed by atoms with Crippen LogP contribution in [0, 0.1) is 13.8 Å². The Morgan fingerprint density at radius 3 is 2.84 bits per heavy atom. The van der Waals surface area contributed by atoms with Gasteiger partial charge in [0.15, 0.2) is 5.82 Å². The number of nitrogens with one attached hydrogen (secondary N) is 1. The van der Waals surface area contributed by atoms with Crippen LogP contribution >= 0.6 is 0 Å². The van der Waals surface area contributed by atoms with Gasteiger partial charge in [0.1, 0.15) is 13.2 Å². The number of rotatable bonds is 5. The first-order valence-corrected chi connectivity index (χ1v) is 12.4. The number of pyridine rings is 1. The second kappa shape index (κ2) is 9.25. The van der Waals surface area contributed by atoms with Crippen LogP contribution in [0.15, 0.2) is 36.7 Å². The molecule has 0 aliphatic carbocycles. The van der Waals surface area contributed by atoms with Gasteiger partial charge in [-0.1, -0.05) is 6.07 Å². The number of cyclic esters (lactones) is 2. The zero-order valence-corrected chi connectivity index (χ0v) is 20.8. The van der Waals surface area contributed by atoms with Gasteiger partial charge in [0.25, 0.3) is 0 Å². The quantitative estimate of drug-likeness (QED) is 0.502. The molecule has 2 saturated heterocycles. The lowest BCUT2D eigenvalue weighted by Crippen LogP contribution is -2.56. The molecule has 11 heteroatoms. The maximum Gasteiger partial charge on any atom is 0.414 e. The number of carbonyl (C=O) groups is 2. The molecule has 3 aliphatic heterocycles. The third-order valence-electron chi connectivity index (χ3n) is 7.17. The van der Waals surface area contributed by atoms with Gasteiger partial charge in [-0.15, -0.1) is 0 Å². The SMILES string of the molecule is Cc1cc(N2CCOC2=O)cc(-n2cc(CN3C[C@@H](c4ccc5c(c4C)COC5=O)N[C@@H](N)C3)cn2)n1. The molecule has 192 valence electrons. The van der Waals surface area contributed by atoms with Crippen LogP contribution < -0.4 is 16.0 Å². The minimum atomic E-state index is -0.347. The summed E-state index contributed by atoms with van der Waals surface area (Å²) < 4.78 is 12.0. The summed E-state index contributed by atoms with van der Waals surface area (Å²) in [6.07, 6.45) is 3.25. The lowest BCUT2D eigenvalue weighted by atomic mass is 9.93. The number of anilines is 1. The Kier molecular flexibility index (Phi) is 5.90.